The van der Waals surface area contributed by atoms with Gasteiger partial charge in [0.25, 0.3) is 0 Å². The van der Waals surface area contributed by atoms with Gasteiger partial charge in [-0.3, -0.25) is 4.39 Å². The first-order valence-electron chi connectivity index (χ1n) is 5.91. The highest BCUT2D eigenvalue weighted by Crippen LogP contribution is 2.33. The van der Waals surface area contributed by atoms with Gasteiger partial charge >= 0.3 is 0 Å². The molecule has 16 heavy (non-hydrogen) atoms. The van der Waals surface area contributed by atoms with Crippen molar-refractivity contribution in [1.82, 2.24) is 5.32 Å². The molecule has 1 N–H and O–H groups in total. The zero-order chi connectivity index (χ0) is 11.0. The van der Waals surface area contributed by atoms with Crippen molar-refractivity contribution in [3.8, 4) is 5.75 Å². The van der Waals surface area contributed by atoms with E-state index in [2.05, 4.69) is 17.4 Å². The molecule has 3 heteroatoms. The van der Waals surface area contributed by atoms with Crippen LogP contribution in [0, 0.1) is 5.92 Å². The molecule has 0 spiro atoms. The number of halogens is 1. The lowest BCUT2D eigenvalue weighted by molar-refractivity contribution is 0.355. The first-order valence-corrected chi connectivity index (χ1v) is 5.91. The van der Waals surface area contributed by atoms with Crippen LogP contribution in [0.2, 0.25) is 0 Å². The van der Waals surface area contributed by atoms with Crippen molar-refractivity contribution in [1.29, 1.82) is 0 Å². The number of alkyl halides is 1. The molecule has 2 heterocycles. The van der Waals surface area contributed by atoms with Crippen LogP contribution in [0.15, 0.2) is 18.2 Å². The van der Waals surface area contributed by atoms with Gasteiger partial charge in [-0.25, -0.2) is 0 Å². The van der Waals surface area contributed by atoms with E-state index >= 15 is 0 Å². The summed E-state index contributed by atoms with van der Waals surface area (Å²) in [5, 5.41) is 3.27. The Hall–Kier alpha value is -1.09. The predicted molar refractivity (Wildman–Crippen MR) is 60.7 cm³/mol. The van der Waals surface area contributed by atoms with E-state index in [9.17, 15) is 4.39 Å². The van der Waals surface area contributed by atoms with Gasteiger partial charge in [0.05, 0.1) is 13.3 Å². The Morgan fingerprint density at radius 3 is 3.19 bits per heavy atom. The molecule has 1 saturated heterocycles. The predicted octanol–water partition coefficient (Wildman–Crippen LogP) is 1.89. The number of hydrogen-bond donors (Lipinski definition) is 1. The summed E-state index contributed by atoms with van der Waals surface area (Å²) in [6.07, 6.45) is 0.990. The fraction of sp³-hybridized carbons (Fsp3) is 0.538. The Bertz CT molecular complexity index is 394. The van der Waals surface area contributed by atoms with Crippen molar-refractivity contribution in [2.24, 2.45) is 5.92 Å². The number of fused-ring (bicyclic) bond motifs is 1. The summed E-state index contributed by atoms with van der Waals surface area (Å²) in [5.41, 5.74) is 2.54. The van der Waals surface area contributed by atoms with Crippen LogP contribution in [-0.4, -0.2) is 26.4 Å². The minimum atomic E-state index is -0.231. The molecule has 0 radical (unpaired) electrons. The Morgan fingerprint density at radius 2 is 2.31 bits per heavy atom. The number of nitrogens with one attached hydrogen (secondary N) is 1. The van der Waals surface area contributed by atoms with E-state index < -0.39 is 0 Å². The highest BCUT2D eigenvalue weighted by atomic mass is 19.1. The first-order chi connectivity index (χ1) is 7.88. The van der Waals surface area contributed by atoms with Crippen LogP contribution in [0.1, 0.15) is 17.0 Å². The standard InChI is InChI=1S/C13H16FNO/c14-6-11-7-15-8-12(11)9-1-2-13-10(5-9)3-4-16-13/h1-2,5,11-12,15H,3-4,6-8H2/t11-,12+/m1/s1. The summed E-state index contributed by atoms with van der Waals surface area (Å²) in [6, 6.07) is 6.32. The average molecular weight is 221 g/mol. The first kappa shape index (κ1) is 10.1. The molecular weight excluding hydrogens is 205 g/mol. The maximum absolute atomic E-state index is 12.8. The lowest BCUT2D eigenvalue weighted by Crippen LogP contribution is -2.12. The van der Waals surface area contributed by atoms with Crippen LogP contribution in [0.25, 0.3) is 0 Å². The van der Waals surface area contributed by atoms with E-state index in [1.54, 1.807) is 0 Å². The van der Waals surface area contributed by atoms with Gasteiger partial charge in [0.15, 0.2) is 0 Å². The average Bonchev–Trinajstić information content (AvgIpc) is 2.96. The van der Waals surface area contributed by atoms with Gasteiger partial charge in [0.1, 0.15) is 5.75 Å². The number of rotatable bonds is 2. The maximum atomic E-state index is 12.8. The number of benzene rings is 1. The summed E-state index contributed by atoms with van der Waals surface area (Å²) in [5.74, 6) is 1.47. The summed E-state index contributed by atoms with van der Waals surface area (Å²) < 4.78 is 18.3. The van der Waals surface area contributed by atoms with Crippen molar-refractivity contribution in [3.63, 3.8) is 0 Å². The van der Waals surface area contributed by atoms with Crippen LogP contribution in [0.5, 0.6) is 5.75 Å². The van der Waals surface area contributed by atoms with E-state index in [1.807, 2.05) is 6.07 Å². The molecule has 0 unspecified atom stereocenters. The molecule has 2 atom stereocenters. The zero-order valence-corrected chi connectivity index (χ0v) is 9.21. The minimum absolute atomic E-state index is 0.139. The quantitative estimate of drug-likeness (QED) is 0.823. The van der Waals surface area contributed by atoms with Gasteiger partial charge in [-0.15, -0.1) is 0 Å². The molecule has 1 aromatic carbocycles. The Labute approximate surface area is 94.8 Å². The molecule has 0 aromatic heterocycles. The molecule has 0 amide bonds. The van der Waals surface area contributed by atoms with Gasteiger partial charge in [0, 0.05) is 31.3 Å². The maximum Gasteiger partial charge on any atom is 0.122 e. The fourth-order valence-corrected chi connectivity index (χ4v) is 2.72. The molecule has 2 nitrogen and oxygen atoms in total. The van der Waals surface area contributed by atoms with Crippen LogP contribution >= 0.6 is 0 Å². The molecule has 1 aromatic rings. The second kappa shape index (κ2) is 4.06. The Kier molecular flexibility index (Phi) is 2.56. The summed E-state index contributed by atoms with van der Waals surface area (Å²) >= 11 is 0. The van der Waals surface area contributed by atoms with Gasteiger partial charge in [-0.1, -0.05) is 12.1 Å². The van der Waals surface area contributed by atoms with E-state index in [0.29, 0.717) is 5.92 Å². The number of hydrogen-bond acceptors (Lipinski definition) is 2. The highest BCUT2D eigenvalue weighted by molar-refractivity contribution is 5.41. The largest absolute Gasteiger partial charge is 0.493 e. The van der Waals surface area contributed by atoms with Crippen molar-refractivity contribution in [2.75, 3.05) is 26.4 Å². The molecule has 2 aliphatic rings. The minimum Gasteiger partial charge on any atom is -0.493 e. The third kappa shape index (κ3) is 1.59. The third-order valence-corrected chi connectivity index (χ3v) is 3.68. The molecule has 0 saturated carbocycles. The Balaban J connectivity index is 1.89. The second-order valence-electron chi connectivity index (χ2n) is 4.64. The number of ether oxygens (including phenoxy) is 1. The molecule has 0 bridgehead atoms. The molecule has 2 aliphatic heterocycles. The van der Waals surface area contributed by atoms with Crippen molar-refractivity contribution < 1.29 is 9.13 Å². The molecule has 86 valence electrons. The lowest BCUT2D eigenvalue weighted by Gasteiger charge is -2.16. The van der Waals surface area contributed by atoms with Crippen LogP contribution < -0.4 is 10.1 Å². The van der Waals surface area contributed by atoms with Crippen LogP contribution in [0.4, 0.5) is 4.39 Å². The van der Waals surface area contributed by atoms with E-state index in [0.717, 1.165) is 31.9 Å². The van der Waals surface area contributed by atoms with Crippen molar-refractivity contribution >= 4 is 0 Å². The van der Waals surface area contributed by atoms with Gasteiger partial charge < -0.3 is 10.1 Å². The highest BCUT2D eigenvalue weighted by Gasteiger charge is 2.29. The van der Waals surface area contributed by atoms with Crippen molar-refractivity contribution in [2.45, 2.75) is 12.3 Å². The smallest absolute Gasteiger partial charge is 0.122 e. The summed E-state index contributed by atoms with van der Waals surface area (Å²) in [7, 11) is 0. The van der Waals surface area contributed by atoms with E-state index in [4.69, 9.17) is 4.74 Å². The lowest BCUT2D eigenvalue weighted by atomic mass is 9.88. The topological polar surface area (TPSA) is 21.3 Å². The summed E-state index contributed by atoms with van der Waals surface area (Å²) in [6.45, 7) is 2.25. The van der Waals surface area contributed by atoms with Gasteiger partial charge in [-0.05, 0) is 17.2 Å². The third-order valence-electron chi connectivity index (χ3n) is 3.68. The van der Waals surface area contributed by atoms with E-state index in [1.165, 1.54) is 11.1 Å². The normalized spacial score (nSPS) is 27.8. The second-order valence-corrected chi connectivity index (χ2v) is 4.64. The summed E-state index contributed by atoms with van der Waals surface area (Å²) in [4.78, 5) is 0. The molecular formula is C13H16FNO. The SMILES string of the molecule is FC[C@@H]1CNC[C@H]1c1ccc2c(c1)CCO2. The van der Waals surface area contributed by atoms with Gasteiger partial charge in [0.2, 0.25) is 0 Å². The molecule has 3 rings (SSSR count). The van der Waals surface area contributed by atoms with Crippen LogP contribution in [-0.2, 0) is 6.42 Å². The van der Waals surface area contributed by atoms with Gasteiger partial charge in [-0.2, -0.15) is 0 Å². The van der Waals surface area contributed by atoms with Crippen LogP contribution in [0.3, 0.4) is 0 Å². The van der Waals surface area contributed by atoms with Crippen molar-refractivity contribution in [3.05, 3.63) is 29.3 Å². The molecule has 1 fully saturated rings. The zero-order valence-electron chi connectivity index (χ0n) is 9.21. The fourth-order valence-electron chi connectivity index (χ4n) is 2.72. The Morgan fingerprint density at radius 1 is 1.38 bits per heavy atom. The van der Waals surface area contributed by atoms with E-state index in [-0.39, 0.29) is 12.6 Å². The molecule has 0 aliphatic carbocycles. The monoisotopic (exact) mass is 221 g/mol.